The van der Waals surface area contributed by atoms with E-state index in [0.29, 0.717) is 18.8 Å². The predicted octanol–water partition coefficient (Wildman–Crippen LogP) is 0.172. The highest BCUT2D eigenvalue weighted by Gasteiger charge is 2.26. The van der Waals surface area contributed by atoms with Gasteiger partial charge in [-0.15, -0.1) is 11.8 Å². The van der Waals surface area contributed by atoms with E-state index >= 15 is 0 Å². The third kappa shape index (κ3) is 5.71. The molecule has 1 saturated heterocycles. The average Bonchev–Trinajstić information content (AvgIpc) is 2.91. The van der Waals surface area contributed by atoms with E-state index in [1.165, 1.54) is 21.0 Å². The fraction of sp³-hybridized carbons (Fsp3) is 0.667. The average molecular weight is 405 g/mol. The summed E-state index contributed by atoms with van der Waals surface area (Å²) in [7, 11) is -3.24. The van der Waals surface area contributed by atoms with Crippen molar-refractivity contribution in [1.82, 2.24) is 14.4 Å². The van der Waals surface area contributed by atoms with Crippen LogP contribution in [0, 0.1) is 13.8 Å². The molecule has 2 rings (SSSR count). The lowest BCUT2D eigenvalue weighted by Gasteiger charge is -2.33. The zero-order chi connectivity index (χ0) is 19.3. The van der Waals surface area contributed by atoms with Gasteiger partial charge in [0.15, 0.2) is 6.61 Å². The summed E-state index contributed by atoms with van der Waals surface area (Å²) in [6.45, 7) is 4.43. The largest absolute Gasteiger partial charge is 0.455 e. The van der Waals surface area contributed by atoms with Crippen LogP contribution in [0.3, 0.4) is 0 Å². The summed E-state index contributed by atoms with van der Waals surface area (Å²) >= 11 is 1.36. The van der Waals surface area contributed by atoms with Gasteiger partial charge >= 0.3 is 5.97 Å². The van der Waals surface area contributed by atoms with Crippen molar-refractivity contribution in [2.24, 2.45) is 0 Å². The van der Waals surface area contributed by atoms with Crippen LogP contribution in [0.15, 0.2) is 4.52 Å². The molecular weight excluding hydrogens is 382 g/mol. The van der Waals surface area contributed by atoms with Gasteiger partial charge in [-0.3, -0.25) is 9.59 Å². The summed E-state index contributed by atoms with van der Waals surface area (Å²) in [5, 5.41) is 3.85. The zero-order valence-corrected chi connectivity index (χ0v) is 16.7. The minimum Gasteiger partial charge on any atom is -0.455 e. The summed E-state index contributed by atoms with van der Waals surface area (Å²) in [5.74, 6) is 0.649. The van der Waals surface area contributed by atoms with E-state index in [9.17, 15) is 18.0 Å². The number of piperazine rings is 1. The van der Waals surface area contributed by atoms with E-state index < -0.39 is 16.0 Å². The molecule has 1 aliphatic heterocycles. The van der Waals surface area contributed by atoms with Crippen molar-refractivity contribution in [3.05, 3.63) is 17.0 Å². The molecule has 0 unspecified atom stereocenters. The van der Waals surface area contributed by atoms with Gasteiger partial charge in [0.25, 0.3) is 5.91 Å². The first-order chi connectivity index (χ1) is 12.2. The van der Waals surface area contributed by atoms with Gasteiger partial charge in [-0.25, -0.2) is 8.42 Å². The molecule has 0 radical (unpaired) electrons. The van der Waals surface area contributed by atoms with Crippen molar-refractivity contribution in [1.29, 1.82) is 0 Å². The SMILES string of the molecule is Cc1noc(C)c1CSCC(=O)OCC(=O)N1CCN(S(C)(=O)=O)CC1. The number of ether oxygens (including phenoxy) is 1. The second-order valence-corrected chi connectivity index (χ2v) is 8.97. The molecule has 1 fully saturated rings. The van der Waals surface area contributed by atoms with Crippen molar-refractivity contribution in [2.45, 2.75) is 19.6 Å². The summed E-state index contributed by atoms with van der Waals surface area (Å²) in [5.41, 5.74) is 1.76. The van der Waals surface area contributed by atoms with Crippen LogP contribution in [-0.4, -0.2) is 79.5 Å². The first-order valence-corrected chi connectivity index (χ1v) is 11.1. The molecule has 0 N–H and O–H groups in total. The third-order valence-corrected chi connectivity index (χ3v) is 6.30. The third-order valence-electron chi connectivity index (χ3n) is 4.06. The lowest BCUT2D eigenvalue weighted by molar-refractivity contribution is -0.150. The second-order valence-electron chi connectivity index (χ2n) is 6.00. The summed E-state index contributed by atoms with van der Waals surface area (Å²) < 4.78 is 34.3. The van der Waals surface area contributed by atoms with Gasteiger partial charge in [-0.1, -0.05) is 5.16 Å². The number of aryl methyl sites for hydroxylation is 2. The molecule has 1 aromatic rings. The van der Waals surface area contributed by atoms with Crippen LogP contribution in [0.4, 0.5) is 0 Å². The maximum atomic E-state index is 12.1. The Labute approximate surface area is 157 Å². The van der Waals surface area contributed by atoms with E-state index in [4.69, 9.17) is 9.26 Å². The number of hydrogen-bond donors (Lipinski definition) is 0. The number of carbonyl (C=O) groups excluding carboxylic acids is 2. The molecule has 1 aromatic heterocycles. The quantitative estimate of drug-likeness (QED) is 0.591. The molecule has 0 saturated carbocycles. The number of nitrogens with zero attached hydrogens (tertiary/aromatic N) is 3. The highest BCUT2D eigenvalue weighted by atomic mass is 32.2. The Kier molecular flexibility index (Phi) is 7.07. The number of rotatable bonds is 7. The Balaban J connectivity index is 1.67. The van der Waals surface area contributed by atoms with Crippen LogP contribution in [-0.2, 0) is 30.1 Å². The molecule has 0 spiro atoms. The molecule has 1 aliphatic rings. The second kappa shape index (κ2) is 8.87. The molecule has 0 bridgehead atoms. The van der Waals surface area contributed by atoms with E-state index in [1.807, 2.05) is 13.8 Å². The van der Waals surface area contributed by atoms with Gasteiger partial charge in [0, 0.05) is 37.5 Å². The highest BCUT2D eigenvalue weighted by molar-refractivity contribution is 7.99. The van der Waals surface area contributed by atoms with E-state index in [2.05, 4.69) is 5.16 Å². The molecule has 146 valence electrons. The van der Waals surface area contributed by atoms with Crippen molar-refractivity contribution >= 4 is 33.7 Å². The van der Waals surface area contributed by atoms with E-state index in [-0.39, 0.29) is 31.4 Å². The van der Waals surface area contributed by atoms with Gasteiger partial charge < -0.3 is 14.2 Å². The smallest absolute Gasteiger partial charge is 0.316 e. The summed E-state index contributed by atoms with van der Waals surface area (Å²) in [4.78, 5) is 25.3. The van der Waals surface area contributed by atoms with Crippen LogP contribution in [0.25, 0.3) is 0 Å². The Morgan fingerprint density at radius 3 is 2.42 bits per heavy atom. The Hall–Kier alpha value is -1.59. The minimum absolute atomic E-state index is 0.124. The molecule has 9 nitrogen and oxygen atoms in total. The maximum absolute atomic E-state index is 12.1. The fourth-order valence-electron chi connectivity index (χ4n) is 2.49. The molecule has 0 aromatic carbocycles. The molecule has 0 atom stereocenters. The molecule has 26 heavy (non-hydrogen) atoms. The number of hydrogen-bond acceptors (Lipinski definition) is 8. The Morgan fingerprint density at radius 2 is 1.88 bits per heavy atom. The molecule has 0 aliphatic carbocycles. The first kappa shape index (κ1) is 20.7. The zero-order valence-electron chi connectivity index (χ0n) is 15.1. The lowest BCUT2D eigenvalue weighted by Crippen LogP contribution is -2.51. The predicted molar refractivity (Wildman–Crippen MR) is 96.1 cm³/mol. The molecule has 2 heterocycles. The lowest BCUT2D eigenvalue weighted by atomic mass is 10.2. The number of sulfonamides is 1. The molecule has 11 heteroatoms. The minimum atomic E-state index is -3.24. The number of carbonyl (C=O) groups is 2. The first-order valence-electron chi connectivity index (χ1n) is 8.06. The van der Waals surface area contributed by atoms with Crippen LogP contribution >= 0.6 is 11.8 Å². The van der Waals surface area contributed by atoms with Gasteiger partial charge in [0.05, 0.1) is 17.7 Å². The van der Waals surface area contributed by atoms with Gasteiger partial charge in [-0.05, 0) is 13.8 Å². The van der Waals surface area contributed by atoms with Crippen molar-refractivity contribution in [3.63, 3.8) is 0 Å². The molecule has 1 amide bonds. The van der Waals surface area contributed by atoms with Crippen molar-refractivity contribution in [2.75, 3.05) is 44.8 Å². The van der Waals surface area contributed by atoms with Crippen molar-refractivity contribution < 1.29 is 27.3 Å². The number of esters is 1. The highest BCUT2D eigenvalue weighted by Crippen LogP contribution is 2.19. The van der Waals surface area contributed by atoms with Gasteiger partial charge in [-0.2, -0.15) is 4.31 Å². The Morgan fingerprint density at radius 1 is 1.23 bits per heavy atom. The number of amides is 1. The van der Waals surface area contributed by atoms with Crippen LogP contribution in [0.2, 0.25) is 0 Å². The normalized spacial score (nSPS) is 15.9. The standard InChI is InChI=1S/C15H23N3O6S2/c1-11-13(12(2)24-16-11)9-25-10-15(20)23-8-14(19)17-4-6-18(7-5-17)26(3,21)22/h4-10H2,1-3H3. The monoisotopic (exact) mass is 405 g/mol. The van der Waals surface area contributed by atoms with Crippen LogP contribution in [0.5, 0.6) is 0 Å². The van der Waals surface area contributed by atoms with E-state index in [1.54, 1.807) is 0 Å². The topological polar surface area (TPSA) is 110 Å². The number of thioether (sulfide) groups is 1. The molecular formula is C15H23N3O6S2. The maximum Gasteiger partial charge on any atom is 0.316 e. The van der Waals surface area contributed by atoms with Gasteiger partial charge in [0.2, 0.25) is 10.0 Å². The van der Waals surface area contributed by atoms with Crippen molar-refractivity contribution in [3.8, 4) is 0 Å². The van der Waals surface area contributed by atoms with E-state index in [0.717, 1.165) is 23.3 Å². The van der Waals surface area contributed by atoms with Gasteiger partial charge in [0.1, 0.15) is 5.76 Å². The number of aromatic nitrogens is 1. The summed E-state index contributed by atoms with van der Waals surface area (Å²) in [6, 6.07) is 0. The van der Waals surface area contributed by atoms with Crippen LogP contribution < -0.4 is 0 Å². The Bertz CT molecular complexity index is 734. The fourth-order valence-corrected chi connectivity index (χ4v) is 4.28. The van der Waals surface area contributed by atoms with Crippen LogP contribution in [0.1, 0.15) is 17.0 Å². The summed E-state index contributed by atoms with van der Waals surface area (Å²) in [6.07, 6.45) is 1.15.